The number of urea groups is 2. The summed E-state index contributed by atoms with van der Waals surface area (Å²) in [6.45, 7) is 10.8. The molecule has 0 unspecified atom stereocenters. The average molecular weight is 995 g/mol. The van der Waals surface area contributed by atoms with Crippen LogP contribution in [0.15, 0.2) is 141 Å². The van der Waals surface area contributed by atoms with Crippen molar-refractivity contribution < 1.29 is 49.8 Å². The van der Waals surface area contributed by atoms with Crippen molar-refractivity contribution in [3.8, 4) is 22.5 Å². The fourth-order valence-electron chi connectivity index (χ4n) is 8.61. The quantitative estimate of drug-likeness (QED) is 0.0444. The molecule has 71 heavy (non-hydrogen) atoms. The zero-order valence-electron chi connectivity index (χ0n) is 38.9. The first kappa shape index (κ1) is 49.1. The number of carboxylic acid groups (broad SMARTS) is 1. The Labute approximate surface area is 408 Å². The van der Waals surface area contributed by atoms with Crippen molar-refractivity contribution in [2.45, 2.75) is 51.3 Å². The number of nitrogens with one attached hydrogen (secondary N) is 5. The lowest BCUT2D eigenvalue weighted by Crippen LogP contribution is -2.21. The molecule has 0 bridgehead atoms. The van der Waals surface area contributed by atoms with Crippen LogP contribution in [-0.4, -0.2) is 49.1 Å². The Hall–Kier alpha value is -8.36. The number of carboxylic acids is 1. The van der Waals surface area contributed by atoms with Crippen molar-refractivity contribution in [1.29, 1.82) is 0 Å². The van der Waals surface area contributed by atoms with Crippen molar-refractivity contribution in [3.63, 3.8) is 0 Å². The molecule has 8 rings (SSSR count). The normalized spacial score (nSPS) is 11.9. The highest BCUT2D eigenvalue weighted by Crippen LogP contribution is 2.44. The number of rotatable bonds is 11. The Morgan fingerprint density at radius 2 is 1.08 bits per heavy atom. The second-order valence-electron chi connectivity index (χ2n) is 16.8. The number of amides is 4. The first-order valence-corrected chi connectivity index (χ1v) is 24.6. The molecule has 1 aliphatic heterocycles. The summed E-state index contributed by atoms with van der Waals surface area (Å²) < 4.78 is 80.3. The Morgan fingerprint density at radius 3 is 1.70 bits per heavy atom. The van der Waals surface area contributed by atoms with Crippen molar-refractivity contribution in [1.82, 2.24) is 0 Å². The number of para-hydroxylation sites is 1. The predicted octanol–water partition coefficient (Wildman–Crippen LogP) is 11.5. The highest BCUT2D eigenvalue weighted by Gasteiger charge is 2.27. The van der Waals surface area contributed by atoms with Gasteiger partial charge in [-0.25, -0.2) is 19.4 Å². The van der Waals surface area contributed by atoms with Gasteiger partial charge in [0.2, 0.25) is 0 Å². The monoisotopic (exact) mass is 994 g/mol. The van der Waals surface area contributed by atoms with Crippen molar-refractivity contribution >= 4 is 89.0 Å². The highest BCUT2D eigenvalue weighted by molar-refractivity contribution is 7.86. The zero-order chi connectivity index (χ0) is 51.1. The van der Waals surface area contributed by atoms with Crippen LogP contribution < -0.4 is 31.9 Å². The molecule has 1 heterocycles. The van der Waals surface area contributed by atoms with Crippen LogP contribution in [0.25, 0.3) is 33.4 Å². The Balaban J connectivity index is 1.27. The lowest BCUT2D eigenvalue weighted by molar-refractivity contribution is 0.0696. The predicted molar refractivity (Wildman–Crippen MR) is 273 cm³/mol. The van der Waals surface area contributed by atoms with Crippen LogP contribution in [0, 0.1) is 41.5 Å². The lowest BCUT2D eigenvalue weighted by Gasteiger charge is -2.21. The third-order valence-corrected chi connectivity index (χ3v) is 13.6. The number of anilines is 6. The molecule has 0 radical (unpaired) electrons. The van der Waals surface area contributed by atoms with Gasteiger partial charge in [-0.2, -0.15) is 16.8 Å². The van der Waals surface area contributed by atoms with Crippen LogP contribution in [0.2, 0.25) is 0 Å². The maximum atomic E-state index is 13.3. The van der Waals surface area contributed by atoms with E-state index in [1.807, 2.05) is 45.0 Å². The molecule has 6 aromatic rings. The molecule has 17 nitrogen and oxygen atoms in total. The maximum Gasteiger partial charge on any atom is 0.335 e. The topological polar surface area (TPSA) is 266 Å². The number of benzene rings is 7. The standard InChI is InChI=1S/C52H46N6O11S2/c1-27-22-29(3)48(57-51(61)54-34-12-8-7-9-13-34)31(5)46(27)53-36-20-21-37-41(24-36)69-42-26-40(44(71(66,67)68)25-39(42)45(37)38-14-10-11-15-43(38)70(63,64)65)56-47-28(2)23-30(4)49(32(47)6)58-52(62)55-35-18-16-33(17-19-35)50(59)60/h7-26,53H,1-6H3,(H,59,60)(H2,54,57,61)(H2,55,58,62)(H,63,64,65)(H,66,67,68)/b56-40-. The molecule has 0 aromatic heterocycles. The van der Waals surface area contributed by atoms with Gasteiger partial charge in [-0.3, -0.25) is 9.11 Å². The number of hydrogen-bond acceptors (Lipinski definition) is 10. The van der Waals surface area contributed by atoms with Gasteiger partial charge in [0.1, 0.15) is 21.1 Å². The molecule has 0 fully saturated rings. The molecule has 6 aromatic carbocycles. The van der Waals surface area contributed by atoms with E-state index in [9.17, 15) is 45.4 Å². The summed E-state index contributed by atoms with van der Waals surface area (Å²) >= 11 is 0. The van der Waals surface area contributed by atoms with Crippen LogP contribution in [0.3, 0.4) is 0 Å². The Kier molecular flexibility index (Phi) is 13.3. The van der Waals surface area contributed by atoms with Gasteiger partial charge in [-0.1, -0.05) is 48.5 Å². The van der Waals surface area contributed by atoms with Crippen molar-refractivity contribution in [3.05, 3.63) is 166 Å². The summed E-state index contributed by atoms with van der Waals surface area (Å²) in [7, 11) is -9.95. The molecule has 0 saturated carbocycles. The van der Waals surface area contributed by atoms with Crippen LogP contribution in [0.1, 0.15) is 43.7 Å². The fraction of sp³-hybridized carbons (Fsp3) is 0.115. The molecular formula is C52H46N6O11S2. The van der Waals surface area contributed by atoms with E-state index in [0.717, 1.165) is 22.8 Å². The van der Waals surface area contributed by atoms with E-state index < -0.39 is 48.1 Å². The molecule has 19 heteroatoms. The van der Waals surface area contributed by atoms with Crippen LogP contribution in [0.5, 0.6) is 0 Å². The minimum absolute atomic E-state index is 0.000695. The van der Waals surface area contributed by atoms with Gasteiger partial charge in [-0.15, -0.1) is 0 Å². The number of carbonyl (C=O) groups excluding carboxylic acids is 2. The van der Waals surface area contributed by atoms with Gasteiger partial charge < -0.3 is 36.1 Å². The number of aryl methyl sites for hydroxylation is 4. The van der Waals surface area contributed by atoms with E-state index >= 15 is 0 Å². The molecular weight excluding hydrogens is 949 g/mol. The minimum Gasteiger partial charge on any atom is -0.478 e. The van der Waals surface area contributed by atoms with E-state index in [4.69, 9.17) is 9.41 Å². The van der Waals surface area contributed by atoms with Gasteiger partial charge in [0.15, 0.2) is 0 Å². The first-order valence-electron chi connectivity index (χ1n) is 21.7. The first-order chi connectivity index (χ1) is 33.6. The molecule has 0 atom stereocenters. The van der Waals surface area contributed by atoms with E-state index in [1.165, 1.54) is 48.5 Å². The zero-order valence-corrected chi connectivity index (χ0v) is 40.6. The molecule has 8 N–H and O–H groups in total. The van der Waals surface area contributed by atoms with Gasteiger partial charge in [-0.05, 0) is 136 Å². The number of hydrogen-bond donors (Lipinski definition) is 8. The summed E-state index contributed by atoms with van der Waals surface area (Å²) in [6, 6.07) is 30.1. The van der Waals surface area contributed by atoms with E-state index in [0.29, 0.717) is 56.2 Å². The van der Waals surface area contributed by atoms with Crippen molar-refractivity contribution in [2.24, 2.45) is 4.99 Å². The largest absolute Gasteiger partial charge is 0.478 e. The lowest BCUT2D eigenvalue weighted by atomic mass is 9.93. The number of aromatic carboxylic acids is 1. The number of nitrogens with zero attached hydrogens (tertiary/aromatic N) is 1. The van der Waals surface area contributed by atoms with E-state index in [-0.39, 0.29) is 44.6 Å². The second-order valence-corrected chi connectivity index (χ2v) is 19.6. The summed E-state index contributed by atoms with van der Waals surface area (Å²) in [6.07, 6.45) is 0. The number of fused-ring (bicyclic) bond motifs is 2. The SMILES string of the molecule is Cc1cc(C)c(NC(=O)Nc2ccc(C(=O)O)cc2)c(C)c1/N=c1/cc2oc3cc(Nc4c(C)cc(C)c(NC(=O)Nc5ccccc5)c4C)ccc3c(-c3ccccc3S(=O)(=O)O)c-2cc1S(=O)(=O)O. The summed E-state index contributed by atoms with van der Waals surface area (Å²) in [5, 5.41) is 24.0. The summed E-state index contributed by atoms with van der Waals surface area (Å²) in [5.74, 6) is -1.12. The smallest absolute Gasteiger partial charge is 0.335 e. The molecule has 0 spiro atoms. The van der Waals surface area contributed by atoms with E-state index in [1.54, 1.807) is 63.2 Å². The average Bonchev–Trinajstić information content (AvgIpc) is 3.30. The van der Waals surface area contributed by atoms with Gasteiger partial charge in [0, 0.05) is 57.0 Å². The molecule has 1 aliphatic carbocycles. The summed E-state index contributed by atoms with van der Waals surface area (Å²) in [5.41, 5.74) is 7.69. The number of carbonyl (C=O) groups is 3. The Bertz CT molecular complexity index is 3760. The van der Waals surface area contributed by atoms with Gasteiger partial charge in [0.25, 0.3) is 20.2 Å². The molecule has 0 saturated heterocycles. The Morgan fingerprint density at radius 1 is 0.535 bits per heavy atom. The van der Waals surface area contributed by atoms with E-state index in [2.05, 4.69) is 26.6 Å². The van der Waals surface area contributed by atoms with Crippen molar-refractivity contribution in [2.75, 3.05) is 26.6 Å². The van der Waals surface area contributed by atoms with Gasteiger partial charge >= 0.3 is 18.0 Å². The third kappa shape index (κ3) is 10.3. The molecule has 4 amide bonds. The van der Waals surface area contributed by atoms with Crippen LogP contribution in [-0.2, 0) is 20.2 Å². The molecule has 2 aliphatic rings. The molecule has 362 valence electrons. The fourth-order valence-corrected chi connectivity index (χ4v) is 9.94. The van der Waals surface area contributed by atoms with Gasteiger partial charge in [0.05, 0.1) is 28.0 Å². The minimum atomic E-state index is -5.08. The highest BCUT2D eigenvalue weighted by atomic mass is 32.2. The second kappa shape index (κ2) is 19.2. The van der Waals surface area contributed by atoms with Crippen LogP contribution >= 0.6 is 0 Å². The maximum absolute atomic E-state index is 13.3. The third-order valence-electron chi connectivity index (χ3n) is 11.8. The summed E-state index contributed by atoms with van der Waals surface area (Å²) in [4.78, 5) is 41.3. The van der Waals surface area contributed by atoms with Crippen LogP contribution in [0.4, 0.5) is 49.4 Å².